The van der Waals surface area contributed by atoms with Crippen molar-refractivity contribution in [3.05, 3.63) is 65.5 Å². The number of halogens is 1. The number of hydrogen-bond donors (Lipinski definition) is 1. The van der Waals surface area contributed by atoms with Gasteiger partial charge in [-0.2, -0.15) is 0 Å². The summed E-state index contributed by atoms with van der Waals surface area (Å²) in [7, 11) is 0. The number of nitrogens with one attached hydrogen (secondary N) is 1. The van der Waals surface area contributed by atoms with Crippen LogP contribution in [0.15, 0.2) is 48.5 Å². The molecule has 0 spiro atoms. The van der Waals surface area contributed by atoms with Crippen LogP contribution in [0.1, 0.15) is 37.3 Å². The van der Waals surface area contributed by atoms with Gasteiger partial charge in [-0.25, -0.2) is 4.39 Å². The van der Waals surface area contributed by atoms with Crippen LogP contribution in [0.2, 0.25) is 0 Å². The van der Waals surface area contributed by atoms with Crippen molar-refractivity contribution in [2.45, 2.75) is 39.0 Å². The van der Waals surface area contributed by atoms with Crippen molar-refractivity contribution in [2.75, 3.05) is 5.32 Å². The van der Waals surface area contributed by atoms with Crippen molar-refractivity contribution >= 4 is 11.6 Å². The molecular formula is C19H22FNO. The Morgan fingerprint density at radius 2 is 1.55 bits per heavy atom. The molecule has 0 aliphatic carbocycles. The van der Waals surface area contributed by atoms with E-state index < -0.39 is 0 Å². The van der Waals surface area contributed by atoms with Crippen LogP contribution in [-0.4, -0.2) is 5.91 Å². The maximum atomic E-state index is 12.8. The first-order valence-corrected chi connectivity index (χ1v) is 7.80. The summed E-state index contributed by atoms with van der Waals surface area (Å²) in [6.45, 7) is 2.18. The van der Waals surface area contributed by atoms with Gasteiger partial charge >= 0.3 is 0 Å². The van der Waals surface area contributed by atoms with E-state index in [4.69, 9.17) is 0 Å². The minimum atomic E-state index is -0.253. The Morgan fingerprint density at radius 3 is 2.18 bits per heavy atom. The fourth-order valence-electron chi connectivity index (χ4n) is 2.27. The smallest absolute Gasteiger partial charge is 0.224 e. The second kappa shape index (κ2) is 8.32. The predicted molar refractivity (Wildman–Crippen MR) is 88.4 cm³/mol. The molecule has 22 heavy (non-hydrogen) atoms. The van der Waals surface area contributed by atoms with Crippen LogP contribution in [0.3, 0.4) is 0 Å². The third-order valence-electron chi connectivity index (χ3n) is 3.61. The average molecular weight is 299 g/mol. The van der Waals surface area contributed by atoms with Crippen molar-refractivity contribution in [1.82, 2.24) is 0 Å². The average Bonchev–Trinajstić information content (AvgIpc) is 2.54. The molecule has 116 valence electrons. The predicted octanol–water partition coefficient (Wildman–Crippen LogP) is 4.74. The van der Waals surface area contributed by atoms with Crippen molar-refractivity contribution in [1.29, 1.82) is 0 Å². The maximum Gasteiger partial charge on any atom is 0.224 e. The van der Waals surface area contributed by atoms with Gasteiger partial charge in [0.15, 0.2) is 0 Å². The fourth-order valence-corrected chi connectivity index (χ4v) is 2.27. The van der Waals surface area contributed by atoms with Gasteiger partial charge < -0.3 is 5.32 Å². The molecule has 0 aliphatic rings. The van der Waals surface area contributed by atoms with Gasteiger partial charge in [0.2, 0.25) is 5.91 Å². The lowest BCUT2D eigenvalue weighted by molar-refractivity contribution is -0.116. The molecule has 2 aromatic rings. The standard InChI is InChI=1S/C19H22FNO/c1-2-3-4-15-7-12-18(13-8-15)21-19(22)14-9-16-5-10-17(20)11-6-16/h5-8,10-13H,2-4,9,14H2,1H3,(H,21,22). The first-order valence-electron chi connectivity index (χ1n) is 7.80. The number of benzene rings is 2. The zero-order chi connectivity index (χ0) is 15.8. The molecule has 2 nitrogen and oxygen atoms in total. The van der Waals surface area contributed by atoms with E-state index in [1.807, 2.05) is 12.1 Å². The highest BCUT2D eigenvalue weighted by Crippen LogP contribution is 2.13. The van der Waals surface area contributed by atoms with E-state index >= 15 is 0 Å². The van der Waals surface area contributed by atoms with Gasteiger partial charge in [-0.1, -0.05) is 37.6 Å². The third kappa shape index (κ3) is 5.32. The number of amides is 1. The van der Waals surface area contributed by atoms with Gasteiger partial charge in [0.25, 0.3) is 0 Å². The highest BCUT2D eigenvalue weighted by Gasteiger charge is 2.04. The van der Waals surface area contributed by atoms with Crippen molar-refractivity contribution < 1.29 is 9.18 Å². The summed E-state index contributed by atoms with van der Waals surface area (Å²) in [5, 5.41) is 2.89. The summed E-state index contributed by atoms with van der Waals surface area (Å²) in [5.41, 5.74) is 3.09. The Labute approximate surface area is 131 Å². The van der Waals surface area contributed by atoms with Gasteiger partial charge in [0.05, 0.1) is 0 Å². The number of carbonyl (C=O) groups excluding carboxylic acids is 1. The van der Waals surface area contributed by atoms with Gasteiger partial charge in [0.1, 0.15) is 5.82 Å². The van der Waals surface area contributed by atoms with E-state index in [-0.39, 0.29) is 11.7 Å². The van der Waals surface area contributed by atoms with Crippen LogP contribution in [0.5, 0.6) is 0 Å². The highest BCUT2D eigenvalue weighted by molar-refractivity contribution is 5.90. The van der Waals surface area contributed by atoms with Crippen LogP contribution >= 0.6 is 0 Å². The van der Waals surface area contributed by atoms with Crippen LogP contribution in [0.25, 0.3) is 0 Å². The van der Waals surface area contributed by atoms with E-state index in [1.54, 1.807) is 12.1 Å². The molecule has 0 radical (unpaired) electrons. The van der Waals surface area contributed by atoms with Gasteiger partial charge in [0, 0.05) is 12.1 Å². The quantitative estimate of drug-likeness (QED) is 0.786. The second-order valence-corrected chi connectivity index (χ2v) is 5.48. The van der Waals surface area contributed by atoms with E-state index in [0.717, 1.165) is 17.7 Å². The molecule has 2 aromatic carbocycles. The van der Waals surface area contributed by atoms with E-state index in [1.165, 1.54) is 30.5 Å². The molecule has 0 bridgehead atoms. The van der Waals surface area contributed by atoms with E-state index in [2.05, 4.69) is 24.4 Å². The Balaban J connectivity index is 1.80. The minimum absolute atomic E-state index is 0.0226. The largest absolute Gasteiger partial charge is 0.326 e. The minimum Gasteiger partial charge on any atom is -0.326 e. The molecule has 0 saturated heterocycles. The van der Waals surface area contributed by atoms with Crippen molar-refractivity contribution in [2.24, 2.45) is 0 Å². The molecule has 1 amide bonds. The molecule has 0 fully saturated rings. The van der Waals surface area contributed by atoms with Crippen LogP contribution in [0, 0.1) is 5.82 Å². The Kier molecular flexibility index (Phi) is 6.13. The first kappa shape index (κ1) is 16.2. The lowest BCUT2D eigenvalue weighted by Gasteiger charge is -2.07. The fraction of sp³-hybridized carbons (Fsp3) is 0.316. The number of rotatable bonds is 7. The summed E-state index contributed by atoms with van der Waals surface area (Å²) in [5.74, 6) is -0.276. The third-order valence-corrected chi connectivity index (χ3v) is 3.61. The summed E-state index contributed by atoms with van der Waals surface area (Å²) in [6.07, 6.45) is 4.45. The Bertz CT molecular complexity index is 590. The lowest BCUT2D eigenvalue weighted by Crippen LogP contribution is -2.12. The van der Waals surface area contributed by atoms with E-state index in [9.17, 15) is 9.18 Å². The molecule has 3 heteroatoms. The molecular weight excluding hydrogens is 277 g/mol. The summed E-state index contributed by atoms with van der Waals surface area (Å²) >= 11 is 0. The van der Waals surface area contributed by atoms with Gasteiger partial charge in [-0.15, -0.1) is 0 Å². The molecule has 2 rings (SSSR count). The van der Waals surface area contributed by atoms with Crippen LogP contribution < -0.4 is 5.32 Å². The lowest BCUT2D eigenvalue weighted by atomic mass is 10.1. The van der Waals surface area contributed by atoms with Crippen LogP contribution in [0.4, 0.5) is 10.1 Å². The van der Waals surface area contributed by atoms with Crippen LogP contribution in [-0.2, 0) is 17.6 Å². The monoisotopic (exact) mass is 299 g/mol. The summed E-state index contributed by atoms with van der Waals surface area (Å²) in [6, 6.07) is 14.3. The number of anilines is 1. The topological polar surface area (TPSA) is 29.1 Å². The van der Waals surface area contributed by atoms with E-state index in [0.29, 0.717) is 12.8 Å². The summed E-state index contributed by atoms with van der Waals surface area (Å²) < 4.78 is 12.8. The number of carbonyl (C=O) groups is 1. The number of unbranched alkanes of at least 4 members (excludes halogenated alkanes) is 1. The molecule has 0 aromatic heterocycles. The first-order chi connectivity index (χ1) is 10.7. The Morgan fingerprint density at radius 1 is 0.955 bits per heavy atom. The van der Waals surface area contributed by atoms with Crippen molar-refractivity contribution in [3.63, 3.8) is 0 Å². The second-order valence-electron chi connectivity index (χ2n) is 5.48. The van der Waals surface area contributed by atoms with Crippen molar-refractivity contribution in [3.8, 4) is 0 Å². The van der Waals surface area contributed by atoms with Gasteiger partial charge in [-0.3, -0.25) is 4.79 Å². The number of hydrogen-bond acceptors (Lipinski definition) is 1. The highest BCUT2D eigenvalue weighted by atomic mass is 19.1. The normalized spacial score (nSPS) is 10.5. The molecule has 0 atom stereocenters. The molecule has 1 N–H and O–H groups in total. The summed E-state index contributed by atoms with van der Waals surface area (Å²) in [4.78, 5) is 11.9. The zero-order valence-corrected chi connectivity index (χ0v) is 12.9. The molecule has 0 unspecified atom stereocenters. The maximum absolute atomic E-state index is 12.8. The molecule has 0 aliphatic heterocycles. The molecule has 0 saturated carbocycles. The zero-order valence-electron chi connectivity index (χ0n) is 12.9. The Hall–Kier alpha value is -2.16. The molecule has 0 heterocycles. The SMILES string of the molecule is CCCCc1ccc(NC(=O)CCc2ccc(F)cc2)cc1. The van der Waals surface area contributed by atoms with Gasteiger partial charge in [-0.05, 0) is 54.7 Å². The number of aryl methyl sites for hydroxylation is 2.